The molecule has 0 aliphatic rings. The molecule has 0 spiro atoms. The zero-order valence-electron chi connectivity index (χ0n) is 24.4. The van der Waals surface area contributed by atoms with Gasteiger partial charge in [0.1, 0.15) is 18.3 Å². The SMILES string of the molecule is CCCCNC(=O)[C@@H](Cc1ccccc1)N(Cc1cccc(C)c1)C(=O)CN(c1ccc(OCC)cc1)S(C)(=O)=O. The zero-order valence-corrected chi connectivity index (χ0v) is 25.2. The number of amides is 2. The van der Waals surface area contributed by atoms with Gasteiger partial charge < -0.3 is 15.0 Å². The standard InChI is InChI=1S/C32H41N3O5S/c1-5-7-20-33-32(37)30(22-26-13-9-8-10-14-26)34(23-27-15-11-12-25(3)21-27)31(36)24-35(41(4,38)39)28-16-18-29(19-17-28)40-6-2/h8-19,21,30H,5-7,20,22-24H2,1-4H3,(H,33,37)/t30-/m1/s1. The van der Waals surface area contributed by atoms with Crippen molar-refractivity contribution in [3.63, 3.8) is 0 Å². The van der Waals surface area contributed by atoms with Gasteiger partial charge in [0, 0.05) is 19.5 Å². The van der Waals surface area contributed by atoms with Gasteiger partial charge in [0.15, 0.2) is 0 Å². The number of sulfonamides is 1. The summed E-state index contributed by atoms with van der Waals surface area (Å²) in [5, 5.41) is 2.99. The van der Waals surface area contributed by atoms with Gasteiger partial charge in [-0.1, -0.05) is 73.5 Å². The largest absolute Gasteiger partial charge is 0.494 e. The highest BCUT2D eigenvalue weighted by Gasteiger charge is 2.33. The summed E-state index contributed by atoms with van der Waals surface area (Å²) in [4.78, 5) is 29.2. The van der Waals surface area contributed by atoms with E-state index in [1.807, 2.05) is 75.4 Å². The molecule has 3 rings (SSSR count). The lowest BCUT2D eigenvalue weighted by atomic mass is 10.0. The molecular formula is C32H41N3O5S. The van der Waals surface area contributed by atoms with Crippen molar-refractivity contribution in [3.8, 4) is 5.75 Å². The number of anilines is 1. The Morgan fingerprint density at radius 2 is 1.61 bits per heavy atom. The Morgan fingerprint density at radius 1 is 0.927 bits per heavy atom. The summed E-state index contributed by atoms with van der Waals surface area (Å²) < 4.78 is 32.4. The van der Waals surface area contributed by atoms with Crippen molar-refractivity contribution in [1.82, 2.24) is 10.2 Å². The molecule has 0 bridgehead atoms. The maximum atomic E-state index is 14.1. The summed E-state index contributed by atoms with van der Waals surface area (Å²) >= 11 is 0. The number of unbranched alkanes of at least 4 members (excludes halogenated alkanes) is 1. The van der Waals surface area contributed by atoms with Gasteiger partial charge in [0.05, 0.1) is 18.6 Å². The van der Waals surface area contributed by atoms with Gasteiger partial charge in [0.2, 0.25) is 21.8 Å². The first kappa shape index (κ1) is 31.7. The van der Waals surface area contributed by atoms with E-state index in [1.165, 1.54) is 4.90 Å². The minimum absolute atomic E-state index is 0.153. The molecule has 0 heterocycles. The number of ether oxygens (including phenoxy) is 1. The van der Waals surface area contributed by atoms with Crippen molar-refractivity contribution in [2.45, 2.75) is 52.6 Å². The Hall–Kier alpha value is -3.85. The predicted molar refractivity (Wildman–Crippen MR) is 163 cm³/mol. The molecule has 0 saturated heterocycles. The molecule has 0 aliphatic carbocycles. The molecule has 8 nitrogen and oxygen atoms in total. The van der Waals surface area contributed by atoms with Crippen LogP contribution in [0, 0.1) is 6.92 Å². The molecule has 0 saturated carbocycles. The third kappa shape index (κ3) is 9.63. The average molecular weight is 580 g/mol. The first-order valence-electron chi connectivity index (χ1n) is 14.0. The molecule has 1 atom stereocenters. The van der Waals surface area contributed by atoms with Crippen molar-refractivity contribution in [3.05, 3.63) is 95.6 Å². The van der Waals surface area contributed by atoms with E-state index in [-0.39, 0.29) is 18.9 Å². The number of aryl methyl sites for hydroxylation is 1. The highest BCUT2D eigenvalue weighted by atomic mass is 32.2. The van der Waals surface area contributed by atoms with Crippen LogP contribution in [0.25, 0.3) is 0 Å². The molecule has 3 aromatic carbocycles. The summed E-state index contributed by atoms with van der Waals surface area (Å²) in [6.45, 7) is 6.54. The second-order valence-electron chi connectivity index (χ2n) is 10.1. The van der Waals surface area contributed by atoms with Crippen molar-refractivity contribution in [2.24, 2.45) is 0 Å². The number of rotatable bonds is 15. The lowest BCUT2D eigenvalue weighted by molar-refractivity contribution is -0.140. The number of benzene rings is 3. The van der Waals surface area contributed by atoms with E-state index >= 15 is 0 Å². The van der Waals surface area contributed by atoms with Gasteiger partial charge >= 0.3 is 0 Å². The highest BCUT2D eigenvalue weighted by molar-refractivity contribution is 7.92. The highest BCUT2D eigenvalue weighted by Crippen LogP contribution is 2.23. The van der Waals surface area contributed by atoms with Crippen LogP contribution in [0.1, 0.15) is 43.4 Å². The van der Waals surface area contributed by atoms with Crippen LogP contribution in [0.2, 0.25) is 0 Å². The normalized spacial score (nSPS) is 11.9. The van der Waals surface area contributed by atoms with E-state index in [0.29, 0.717) is 24.6 Å². The summed E-state index contributed by atoms with van der Waals surface area (Å²) in [5.74, 6) is -0.142. The van der Waals surface area contributed by atoms with Crippen LogP contribution in [0.3, 0.4) is 0 Å². The molecule has 2 amide bonds. The average Bonchev–Trinajstić information content (AvgIpc) is 2.94. The van der Waals surface area contributed by atoms with Crippen molar-refractivity contribution < 1.29 is 22.7 Å². The van der Waals surface area contributed by atoms with Crippen LogP contribution in [0.15, 0.2) is 78.9 Å². The maximum absolute atomic E-state index is 14.1. The van der Waals surface area contributed by atoms with Gasteiger partial charge in [-0.05, 0) is 55.7 Å². The molecule has 0 radical (unpaired) electrons. The van der Waals surface area contributed by atoms with E-state index < -0.39 is 28.5 Å². The van der Waals surface area contributed by atoms with Crippen LogP contribution in [-0.2, 0) is 32.6 Å². The summed E-state index contributed by atoms with van der Waals surface area (Å²) in [6.07, 6.45) is 3.09. The number of nitrogens with one attached hydrogen (secondary N) is 1. The fourth-order valence-corrected chi connectivity index (χ4v) is 5.41. The lowest BCUT2D eigenvalue weighted by Gasteiger charge is -2.33. The Bertz CT molecular complexity index is 1380. The molecule has 220 valence electrons. The molecule has 0 fully saturated rings. The number of hydrogen-bond donors (Lipinski definition) is 1. The summed E-state index contributed by atoms with van der Waals surface area (Å²) in [5.41, 5.74) is 3.11. The van der Waals surface area contributed by atoms with Gasteiger partial charge in [-0.3, -0.25) is 13.9 Å². The molecule has 0 unspecified atom stereocenters. The zero-order chi connectivity index (χ0) is 29.8. The third-order valence-corrected chi connectivity index (χ3v) is 7.79. The second kappa shape index (κ2) is 15.2. The first-order chi connectivity index (χ1) is 19.6. The molecule has 9 heteroatoms. The Morgan fingerprint density at radius 3 is 2.22 bits per heavy atom. The van der Waals surface area contributed by atoms with Crippen LogP contribution < -0.4 is 14.4 Å². The number of carbonyl (C=O) groups is 2. The summed E-state index contributed by atoms with van der Waals surface area (Å²) in [7, 11) is -3.83. The maximum Gasteiger partial charge on any atom is 0.244 e. The molecule has 41 heavy (non-hydrogen) atoms. The molecule has 0 aliphatic heterocycles. The predicted octanol–water partition coefficient (Wildman–Crippen LogP) is 4.72. The number of carbonyl (C=O) groups excluding carboxylic acids is 2. The van der Waals surface area contributed by atoms with Crippen LogP contribution in [0.5, 0.6) is 5.75 Å². The summed E-state index contributed by atoms with van der Waals surface area (Å²) in [6, 6.07) is 23.0. The quantitative estimate of drug-likeness (QED) is 0.263. The van der Waals surface area contributed by atoms with Crippen molar-refractivity contribution in [2.75, 3.05) is 30.3 Å². The van der Waals surface area contributed by atoms with Crippen LogP contribution >= 0.6 is 0 Å². The Labute approximate surface area is 244 Å². The van der Waals surface area contributed by atoms with Crippen molar-refractivity contribution >= 4 is 27.5 Å². The topological polar surface area (TPSA) is 96.0 Å². The molecule has 1 N–H and O–H groups in total. The van der Waals surface area contributed by atoms with Gasteiger partial charge in [-0.15, -0.1) is 0 Å². The second-order valence-corrected chi connectivity index (χ2v) is 12.0. The number of hydrogen-bond acceptors (Lipinski definition) is 5. The van der Waals surface area contributed by atoms with Gasteiger partial charge in [0.25, 0.3) is 0 Å². The molecule has 0 aromatic heterocycles. The fraction of sp³-hybridized carbons (Fsp3) is 0.375. The van der Waals surface area contributed by atoms with E-state index in [1.54, 1.807) is 24.3 Å². The van der Waals surface area contributed by atoms with Gasteiger partial charge in [-0.2, -0.15) is 0 Å². The van der Waals surface area contributed by atoms with Crippen LogP contribution in [-0.4, -0.2) is 57.1 Å². The van der Waals surface area contributed by atoms with E-state index in [0.717, 1.165) is 40.1 Å². The monoisotopic (exact) mass is 579 g/mol. The molecular weight excluding hydrogens is 538 g/mol. The third-order valence-electron chi connectivity index (χ3n) is 6.65. The smallest absolute Gasteiger partial charge is 0.244 e. The van der Waals surface area contributed by atoms with E-state index in [9.17, 15) is 18.0 Å². The van der Waals surface area contributed by atoms with Gasteiger partial charge in [-0.25, -0.2) is 8.42 Å². The Kier molecular flexibility index (Phi) is 11.8. The van der Waals surface area contributed by atoms with Crippen LogP contribution in [0.4, 0.5) is 5.69 Å². The molecule has 3 aromatic rings. The lowest BCUT2D eigenvalue weighted by Crippen LogP contribution is -2.53. The van der Waals surface area contributed by atoms with E-state index in [4.69, 9.17) is 4.74 Å². The Balaban J connectivity index is 2.01. The first-order valence-corrected chi connectivity index (χ1v) is 15.8. The minimum Gasteiger partial charge on any atom is -0.494 e. The minimum atomic E-state index is -3.83. The van der Waals surface area contributed by atoms with E-state index in [2.05, 4.69) is 5.32 Å². The van der Waals surface area contributed by atoms with Crippen molar-refractivity contribution in [1.29, 1.82) is 0 Å². The number of nitrogens with zero attached hydrogens (tertiary/aromatic N) is 2. The fourth-order valence-electron chi connectivity index (χ4n) is 4.56.